The first kappa shape index (κ1) is 22.9. The van der Waals surface area contributed by atoms with Crippen LogP contribution in [0.1, 0.15) is 29.0 Å². The number of aryl methyl sites for hydroxylation is 1. The first-order valence-corrected chi connectivity index (χ1v) is 12.5. The molecule has 37 heavy (non-hydrogen) atoms. The van der Waals surface area contributed by atoms with E-state index < -0.39 is 0 Å². The van der Waals surface area contributed by atoms with E-state index >= 15 is 0 Å². The molecule has 3 aromatic heterocycles. The Bertz CT molecular complexity index is 1500. The molecule has 0 bridgehead atoms. The number of hydrogen-bond donors (Lipinski definition) is 1. The SMILES string of the molecule is Cc1ccc(Oc2ccc(N3C(=S)N[C@@H](c4ccccn4)[C@@H]3c3cccn3-c3ccccn3)cc2)cc1. The molecule has 0 radical (unpaired) electrons. The normalized spacial score (nSPS) is 17.0. The lowest BCUT2D eigenvalue weighted by molar-refractivity contribution is 0.482. The zero-order valence-corrected chi connectivity index (χ0v) is 21.0. The molecule has 6 nitrogen and oxygen atoms in total. The second kappa shape index (κ2) is 9.87. The number of benzene rings is 2. The van der Waals surface area contributed by atoms with Crippen LogP contribution in [0.15, 0.2) is 116 Å². The Kier molecular flexibility index (Phi) is 6.12. The summed E-state index contributed by atoms with van der Waals surface area (Å²) in [4.78, 5) is 11.4. The molecule has 182 valence electrons. The van der Waals surface area contributed by atoms with Crippen molar-refractivity contribution in [1.29, 1.82) is 0 Å². The van der Waals surface area contributed by atoms with Gasteiger partial charge >= 0.3 is 0 Å². The summed E-state index contributed by atoms with van der Waals surface area (Å²) in [6, 6.07) is 31.8. The zero-order chi connectivity index (χ0) is 25.2. The summed E-state index contributed by atoms with van der Waals surface area (Å²) in [5.41, 5.74) is 4.14. The van der Waals surface area contributed by atoms with Gasteiger partial charge in [0.15, 0.2) is 5.11 Å². The molecular weight excluding hydrogens is 478 g/mol. The highest BCUT2D eigenvalue weighted by atomic mass is 32.1. The lowest BCUT2D eigenvalue weighted by Crippen LogP contribution is -2.30. The predicted octanol–water partition coefficient (Wildman–Crippen LogP) is 6.55. The van der Waals surface area contributed by atoms with Crippen molar-refractivity contribution in [3.05, 3.63) is 133 Å². The highest BCUT2D eigenvalue weighted by Crippen LogP contribution is 2.42. The molecule has 1 fully saturated rings. The van der Waals surface area contributed by atoms with Gasteiger partial charge in [-0.1, -0.05) is 29.8 Å². The van der Waals surface area contributed by atoms with E-state index in [0.29, 0.717) is 5.11 Å². The molecular formula is C30H25N5OS. The van der Waals surface area contributed by atoms with Crippen LogP contribution in [0.2, 0.25) is 0 Å². The van der Waals surface area contributed by atoms with Gasteiger partial charge in [-0.3, -0.25) is 4.98 Å². The summed E-state index contributed by atoms with van der Waals surface area (Å²) in [6.45, 7) is 2.06. The third kappa shape index (κ3) is 4.57. The van der Waals surface area contributed by atoms with Gasteiger partial charge in [0.1, 0.15) is 23.4 Å². The number of hydrogen-bond acceptors (Lipinski definition) is 4. The largest absolute Gasteiger partial charge is 0.457 e. The molecule has 5 aromatic rings. The summed E-state index contributed by atoms with van der Waals surface area (Å²) in [6.07, 6.45) is 5.65. The maximum absolute atomic E-state index is 6.05. The summed E-state index contributed by atoms with van der Waals surface area (Å²) in [5, 5.41) is 4.17. The molecule has 1 saturated heterocycles. The van der Waals surface area contributed by atoms with Gasteiger partial charge in [0.05, 0.1) is 11.7 Å². The molecule has 7 heteroatoms. The molecule has 0 aliphatic carbocycles. The van der Waals surface area contributed by atoms with Gasteiger partial charge in [0.25, 0.3) is 0 Å². The van der Waals surface area contributed by atoms with Crippen molar-refractivity contribution in [1.82, 2.24) is 19.9 Å². The third-order valence-corrected chi connectivity index (χ3v) is 6.76. The third-order valence-electron chi connectivity index (χ3n) is 6.45. The zero-order valence-electron chi connectivity index (χ0n) is 20.2. The molecule has 2 atom stereocenters. The fourth-order valence-corrected chi connectivity index (χ4v) is 5.04. The van der Waals surface area contributed by atoms with E-state index in [2.05, 4.69) is 37.7 Å². The molecule has 1 N–H and O–H groups in total. The molecule has 6 rings (SSSR count). The first-order chi connectivity index (χ1) is 18.2. The minimum Gasteiger partial charge on any atom is -0.457 e. The molecule has 1 aliphatic heterocycles. The monoisotopic (exact) mass is 503 g/mol. The van der Waals surface area contributed by atoms with Gasteiger partial charge in [-0.05, 0) is 91.9 Å². The maximum atomic E-state index is 6.05. The minimum atomic E-state index is -0.150. The van der Waals surface area contributed by atoms with Crippen molar-refractivity contribution in [3.8, 4) is 17.3 Å². The molecule has 1 aliphatic rings. The number of nitrogens with one attached hydrogen (secondary N) is 1. The van der Waals surface area contributed by atoms with Crippen molar-refractivity contribution in [3.63, 3.8) is 0 Å². The quantitative estimate of drug-likeness (QED) is 0.265. The van der Waals surface area contributed by atoms with Gasteiger partial charge in [0, 0.05) is 30.0 Å². The first-order valence-electron chi connectivity index (χ1n) is 12.1. The van der Waals surface area contributed by atoms with Crippen LogP contribution in [0.5, 0.6) is 11.5 Å². The topological polar surface area (TPSA) is 55.2 Å². The van der Waals surface area contributed by atoms with Crippen LogP contribution in [-0.2, 0) is 0 Å². The molecule has 0 spiro atoms. The van der Waals surface area contributed by atoms with Crippen LogP contribution in [0.25, 0.3) is 5.82 Å². The summed E-state index contributed by atoms with van der Waals surface area (Å²) in [5.74, 6) is 2.42. The van der Waals surface area contributed by atoms with Gasteiger partial charge in [-0.25, -0.2) is 4.98 Å². The highest BCUT2D eigenvalue weighted by molar-refractivity contribution is 7.80. The van der Waals surface area contributed by atoms with Gasteiger partial charge in [-0.15, -0.1) is 0 Å². The Morgan fingerprint density at radius 1 is 0.784 bits per heavy atom. The molecule has 0 amide bonds. The molecule has 0 saturated carbocycles. The maximum Gasteiger partial charge on any atom is 0.174 e. The highest BCUT2D eigenvalue weighted by Gasteiger charge is 2.42. The Morgan fingerprint density at radius 3 is 2.16 bits per heavy atom. The Hall–Kier alpha value is -4.49. The number of pyridine rings is 2. The van der Waals surface area contributed by atoms with Crippen LogP contribution in [0.3, 0.4) is 0 Å². The van der Waals surface area contributed by atoms with E-state index in [1.54, 1.807) is 6.20 Å². The Balaban J connectivity index is 1.38. The summed E-state index contributed by atoms with van der Waals surface area (Å²) in [7, 11) is 0. The van der Waals surface area contributed by atoms with Crippen molar-refractivity contribution < 1.29 is 4.74 Å². The number of nitrogens with zero attached hydrogens (tertiary/aromatic N) is 4. The fraction of sp³-hybridized carbons (Fsp3) is 0.100. The van der Waals surface area contributed by atoms with Crippen molar-refractivity contribution >= 4 is 23.0 Å². The van der Waals surface area contributed by atoms with E-state index in [4.69, 9.17) is 17.0 Å². The van der Waals surface area contributed by atoms with E-state index in [9.17, 15) is 0 Å². The summed E-state index contributed by atoms with van der Waals surface area (Å²) < 4.78 is 8.16. The number of thiocarbonyl (C=S) groups is 1. The lowest BCUT2D eigenvalue weighted by Gasteiger charge is -2.29. The average molecular weight is 504 g/mol. The van der Waals surface area contributed by atoms with Crippen molar-refractivity contribution in [2.45, 2.75) is 19.0 Å². The molecule has 4 heterocycles. The van der Waals surface area contributed by atoms with Crippen molar-refractivity contribution in [2.24, 2.45) is 0 Å². The van der Waals surface area contributed by atoms with Crippen LogP contribution >= 0.6 is 12.2 Å². The average Bonchev–Trinajstić information content (AvgIpc) is 3.56. The Labute approximate surface area is 221 Å². The van der Waals surface area contributed by atoms with Gasteiger partial charge < -0.3 is 19.5 Å². The number of rotatable bonds is 6. The molecule has 0 unspecified atom stereocenters. The van der Waals surface area contributed by atoms with Gasteiger partial charge in [-0.2, -0.15) is 0 Å². The fourth-order valence-electron chi connectivity index (χ4n) is 4.69. The number of aromatic nitrogens is 3. The van der Waals surface area contributed by atoms with Crippen LogP contribution in [-0.4, -0.2) is 19.6 Å². The Morgan fingerprint density at radius 2 is 1.49 bits per heavy atom. The lowest BCUT2D eigenvalue weighted by atomic mass is 10.0. The van der Waals surface area contributed by atoms with Crippen LogP contribution < -0.4 is 15.0 Å². The smallest absolute Gasteiger partial charge is 0.174 e. The standard InChI is InChI=1S/C30H25N5OS/c1-21-10-14-23(15-11-21)36-24-16-12-22(13-17-24)35-29(28(33-30(35)37)25-7-2-4-18-31-25)26-8-6-20-34(26)27-9-3-5-19-32-27/h2-20,28-29H,1H3,(H,33,37)/t28-,29-/m0/s1. The summed E-state index contributed by atoms with van der Waals surface area (Å²) >= 11 is 5.89. The van der Waals surface area contributed by atoms with E-state index in [-0.39, 0.29) is 12.1 Å². The van der Waals surface area contributed by atoms with Crippen LogP contribution in [0, 0.1) is 6.92 Å². The predicted molar refractivity (Wildman–Crippen MR) is 149 cm³/mol. The minimum absolute atomic E-state index is 0.144. The number of anilines is 1. The number of ether oxygens (including phenoxy) is 1. The second-order valence-corrected chi connectivity index (χ2v) is 9.28. The molecule has 2 aromatic carbocycles. The van der Waals surface area contributed by atoms with E-state index in [1.807, 2.05) is 103 Å². The van der Waals surface area contributed by atoms with Crippen molar-refractivity contribution in [2.75, 3.05) is 4.90 Å². The van der Waals surface area contributed by atoms with E-state index in [1.165, 1.54) is 5.56 Å². The van der Waals surface area contributed by atoms with Crippen LogP contribution in [0.4, 0.5) is 5.69 Å². The van der Waals surface area contributed by atoms with E-state index in [0.717, 1.165) is 34.4 Å². The second-order valence-electron chi connectivity index (χ2n) is 8.90. The van der Waals surface area contributed by atoms with Gasteiger partial charge in [0.2, 0.25) is 0 Å².